The first-order valence-corrected chi connectivity index (χ1v) is 8.27. The van der Waals surface area contributed by atoms with Gasteiger partial charge in [-0.3, -0.25) is 9.59 Å². The number of hydrogen-bond donors (Lipinski definition) is 1. The van der Waals surface area contributed by atoms with E-state index in [-0.39, 0.29) is 18.2 Å². The Hall–Kier alpha value is -2.84. The van der Waals surface area contributed by atoms with Crippen molar-refractivity contribution in [2.24, 2.45) is 5.92 Å². The molecule has 1 saturated heterocycles. The lowest BCUT2D eigenvalue weighted by atomic mass is 10.1. The van der Waals surface area contributed by atoms with Gasteiger partial charge in [-0.25, -0.2) is 0 Å². The Morgan fingerprint density at radius 3 is 2.76 bits per heavy atom. The van der Waals surface area contributed by atoms with E-state index in [1.54, 1.807) is 17.0 Å². The molecule has 1 fully saturated rings. The zero-order chi connectivity index (χ0) is 17.8. The zero-order valence-corrected chi connectivity index (χ0v) is 14.2. The monoisotopic (exact) mass is 353 g/mol. The molecule has 1 aliphatic heterocycles. The SMILES string of the molecule is N#Cc1cc(NC(=O)C2CC(=O)N(Cc3ccccc3)C2)ccc1Cl. The number of benzene rings is 2. The minimum absolute atomic E-state index is 0.0298. The van der Waals surface area contributed by atoms with Gasteiger partial charge in [0.2, 0.25) is 11.8 Å². The lowest BCUT2D eigenvalue weighted by Crippen LogP contribution is -2.28. The van der Waals surface area contributed by atoms with Crippen molar-refractivity contribution in [3.05, 3.63) is 64.7 Å². The highest BCUT2D eigenvalue weighted by Gasteiger charge is 2.34. The van der Waals surface area contributed by atoms with Gasteiger partial charge in [0.15, 0.2) is 0 Å². The molecule has 1 unspecified atom stereocenters. The van der Waals surface area contributed by atoms with Crippen molar-refractivity contribution in [1.29, 1.82) is 5.26 Å². The summed E-state index contributed by atoms with van der Waals surface area (Å²) in [5.41, 5.74) is 1.83. The highest BCUT2D eigenvalue weighted by atomic mass is 35.5. The summed E-state index contributed by atoms with van der Waals surface area (Å²) in [4.78, 5) is 26.3. The minimum Gasteiger partial charge on any atom is -0.338 e. The summed E-state index contributed by atoms with van der Waals surface area (Å²) in [6, 6.07) is 16.4. The molecule has 0 radical (unpaired) electrons. The van der Waals surface area contributed by atoms with Crippen molar-refractivity contribution in [1.82, 2.24) is 4.90 Å². The maximum atomic E-state index is 12.4. The molecule has 6 heteroatoms. The predicted molar refractivity (Wildman–Crippen MR) is 94.8 cm³/mol. The first kappa shape index (κ1) is 17.0. The Morgan fingerprint density at radius 1 is 1.28 bits per heavy atom. The van der Waals surface area contributed by atoms with Crippen LogP contribution in [0, 0.1) is 17.2 Å². The average Bonchev–Trinajstić information content (AvgIpc) is 2.98. The Kier molecular flexibility index (Phi) is 5.01. The second-order valence-electron chi connectivity index (χ2n) is 5.96. The van der Waals surface area contributed by atoms with E-state index in [0.29, 0.717) is 29.4 Å². The van der Waals surface area contributed by atoms with Crippen LogP contribution in [0.15, 0.2) is 48.5 Å². The number of halogens is 1. The maximum absolute atomic E-state index is 12.4. The fourth-order valence-electron chi connectivity index (χ4n) is 2.84. The van der Waals surface area contributed by atoms with E-state index in [2.05, 4.69) is 5.32 Å². The van der Waals surface area contributed by atoms with Crippen LogP contribution in [0.3, 0.4) is 0 Å². The third kappa shape index (κ3) is 3.98. The van der Waals surface area contributed by atoms with E-state index >= 15 is 0 Å². The average molecular weight is 354 g/mol. The van der Waals surface area contributed by atoms with Crippen molar-refractivity contribution in [2.45, 2.75) is 13.0 Å². The van der Waals surface area contributed by atoms with Crippen molar-refractivity contribution in [2.75, 3.05) is 11.9 Å². The van der Waals surface area contributed by atoms with Crippen LogP contribution in [0.2, 0.25) is 5.02 Å². The number of nitriles is 1. The topological polar surface area (TPSA) is 73.2 Å². The summed E-state index contributed by atoms with van der Waals surface area (Å²) < 4.78 is 0. The third-order valence-electron chi connectivity index (χ3n) is 4.16. The third-order valence-corrected chi connectivity index (χ3v) is 4.49. The Morgan fingerprint density at radius 2 is 2.04 bits per heavy atom. The van der Waals surface area contributed by atoms with E-state index in [1.165, 1.54) is 6.07 Å². The molecule has 2 aromatic carbocycles. The standard InChI is InChI=1S/C19H16ClN3O2/c20-17-7-6-16(8-14(17)10-21)22-19(25)15-9-18(24)23(12-15)11-13-4-2-1-3-5-13/h1-8,15H,9,11-12H2,(H,22,25). The van der Waals surface area contributed by atoms with Crippen LogP contribution >= 0.6 is 11.6 Å². The van der Waals surface area contributed by atoms with Crippen LogP contribution in [-0.2, 0) is 16.1 Å². The number of nitrogens with one attached hydrogen (secondary N) is 1. The fraction of sp³-hybridized carbons (Fsp3) is 0.211. The summed E-state index contributed by atoms with van der Waals surface area (Å²) in [5, 5.41) is 12.1. The van der Waals surface area contributed by atoms with Gasteiger partial charge in [-0.1, -0.05) is 41.9 Å². The molecule has 1 heterocycles. The van der Waals surface area contributed by atoms with Gasteiger partial charge < -0.3 is 10.2 Å². The molecule has 3 rings (SSSR count). The molecule has 0 bridgehead atoms. The van der Waals surface area contributed by atoms with Crippen molar-refractivity contribution < 1.29 is 9.59 Å². The number of amides is 2. The largest absolute Gasteiger partial charge is 0.338 e. The summed E-state index contributed by atoms with van der Waals surface area (Å²) in [5.74, 6) is -0.662. The number of carbonyl (C=O) groups is 2. The fourth-order valence-corrected chi connectivity index (χ4v) is 3.00. The number of anilines is 1. The molecule has 0 aromatic heterocycles. The van der Waals surface area contributed by atoms with E-state index < -0.39 is 5.92 Å². The van der Waals surface area contributed by atoms with Gasteiger partial charge in [-0.15, -0.1) is 0 Å². The van der Waals surface area contributed by atoms with Crippen LogP contribution in [0.25, 0.3) is 0 Å². The first-order valence-electron chi connectivity index (χ1n) is 7.89. The number of carbonyl (C=O) groups excluding carboxylic acids is 2. The molecule has 1 aliphatic rings. The molecule has 126 valence electrons. The molecule has 5 nitrogen and oxygen atoms in total. The molecule has 0 aliphatic carbocycles. The molecule has 1 N–H and O–H groups in total. The van der Waals surface area contributed by atoms with Crippen LogP contribution in [-0.4, -0.2) is 23.3 Å². The number of nitrogens with zero attached hydrogens (tertiary/aromatic N) is 2. The minimum atomic E-state index is -0.405. The smallest absolute Gasteiger partial charge is 0.229 e. The maximum Gasteiger partial charge on any atom is 0.229 e. The Labute approximate surface area is 150 Å². The molecule has 1 atom stereocenters. The van der Waals surface area contributed by atoms with Crippen molar-refractivity contribution >= 4 is 29.1 Å². The highest BCUT2D eigenvalue weighted by molar-refractivity contribution is 6.31. The van der Waals surface area contributed by atoms with E-state index in [0.717, 1.165) is 5.56 Å². The van der Waals surface area contributed by atoms with Crippen LogP contribution in [0.5, 0.6) is 0 Å². The summed E-state index contributed by atoms with van der Waals surface area (Å²) in [6.45, 7) is 0.890. The molecule has 2 amide bonds. The van der Waals surface area contributed by atoms with Gasteiger partial charge in [0.25, 0.3) is 0 Å². The number of hydrogen-bond acceptors (Lipinski definition) is 3. The second kappa shape index (κ2) is 7.37. The van der Waals surface area contributed by atoms with Crippen LogP contribution in [0.4, 0.5) is 5.69 Å². The second-order valence-corrected chi connectivity index (χ2v) is 6.36. The van der Waals surface area contributed by atoms with Gasteiger partial charge in [-0.05, 0) is 23.8 Å². The van der Waals surface area contributed by atoms with Gasteiger partial charge in [0.05, 0.1) is 16.5 Å². The summed E-state index contributed by atoms with van der Waals surface area (Å²) >= 11 is 5.89. The molecule has 2 aromatic rings. The lowest BCUT2D eigenvalue weighted by molar-refractivity contribution is -0.128. The lowest BCUT2D eigenvalue weighted by Gasteiger charge is -2.16. The number of rotatable bonds is 4. The number of likely N-dealkylation sites (tertiary alicyclic amines) is 1. The summed E-state index contributed by atoms with van der Waals surface area (Å²) in [7, 11) is 0. The van der Waals surface area contributed by atoms with Crippen LogP contribution < -0.4 is 5.32 Å². The molecular formula is C19H16ClN3O2. The van der Waals surface area contributed by atoms with Crippen molar-refractivity contribution in [3.63, 3.8) is 0 Å². The molecule has 0 saturated carbocycles. The normalized spacial score (nSPS) is 16.6. The van der Waals surface area contributed by atoms with Crippen molar-refractivity contribution in [3.8, 4) is 6.07 Å². The van der Waals surface area contributed by atoms with E-state index in [9.17, 15) is 9.59 Å². The Balaban J connectivity index is 1.64. The highest BCUT2D eigenvalue weighted by Crippen LogP contribution is 2.24. The molecular weight excluding hydrogens is 338 g/mol. The van der Waals surface area contributed by atoms with E-state index in [4.69, 9.17) is 16.9 Å². The molecule has 0 spiro atoms. The quantitative estimate of drug-likeness (QED) is 0.917. The van der Waals surface area contributed by atoms with Gasteiger partial charge in [-0.2, -0.15) is 5.26 Å². The van der Waals surface area contributed by atoms with Gasteiger partial charge in [0.1, 0.15) is 6.07 Å². The molecule has 25 heavy (non-hydrogen) atoms. The summed E-state index contributed by atoms with van der Waals surface area (Å²) in [6.07, 6.45) is 0.192. The predicted octanol–water partition coefficient (Wildman–Crippen LogP) is 3.20. The van der Waals surface area contributed by atoms with E-state index in [1.807, 2.05) is 36.4 Å². The first-order chi connectivity index (χ1) is 12.1. The van der Waals surface area contributed by atoms with Gasteiger partial charge in [0, 0.05) is 25.2 Å². The Bertz CT molecular complexity index is 845. The van der Waals surface area contributed by atoms with Gasteiger partial charge >= 0.3 is 0 Å². The van der Waals surface area contributed by atoms with Crippen LogP contribution in [0.1, 0.15) is 17.5 Å². The zero-order valence-electron chi connectivity index (χ0n) is 13.4.